The Morgan fingerprint density at radius 3 is 2.59 bits per heavy atom. The molecule has 0 aromatic heterocycles. The van der Waals surface area contributed by atoms with Gasteiger partial charge in [-0.25, -0.2) is 0 Å². The number of aliphatic carboxylic acids is 1. The minimum absolute atomic E-state index is 0.0995. The molecule has 118 valence electrons. The van der Waals surface area contributed by atoms with Crippen LogP contribution in [-0.2, 0) is 9.59 Å². The molecular formula is C16H20N2O4. The van der Waals surface area contributed by atoms with Crippen molar-refractivity contribution in [2.24, 2.45) is 5.41 Å². The summed E-state index contributed by atoms with van der Waals surface area (Å²) in [6.45, 7) is 2.28. The number of carboxylic acid groups (broad SMARTS) is 1. The van der Waals surface area contributed by atoms with Crippen LogP contribution in [0.2, 0.25) is 0 Å². The first-order chi connectivity index (χ1) is 10.4. The Morgan fingerprint density at radius 2 is 1.95 bits per heavy atom. The number of hydrogen-bond acceptors (Lipinski definition) is 3. The molecule has 0 radical (unpaired) electrons. The second-order valence-electron chi connectivity index (χ2n) is 5.83. The number of nitrogens with one attached hydrogen (secondary N) is 1. The number of rotatable bonds is 4. The number of nitrogens with zero attached hydrogens (tertiary/aromatic N) is 1. The van der Waals surface area contributed by atoms with Crippen LogP contribution < -0.4 is 5.32 Å². The monoisotopic (exact) mass is 304 g/mol. The minimum atomic E-state index is -1.08. The van der Waals surface area contributed by atoms with Gasteiger partial charge in [0, 0.05) is 18.7 Å². The molecule has 1 unspecified atom stereocenters. The maximum absolute atomic E-state index is 12.5. The van der Waals surface area contributed by atoms with E-state index in [9.17, 15) is 14.4 Å². The number of carbonyl (C=O) groups excluding carboxylic acids is 2. The molecule has 1 aliphatic heterocycles. The molecule has 0 saturated carbocycles. The van der Waals surface area contributed by atoms with E-state index in [1.807, 2.05) is 6.07 Å². The molecule has 0 bridgehead atoms. The molecule has 6 heteroatoms. The van der Waals surface area contributed by atoms with Crippen LogP contribution in [0, 0.1) is 5.41 Å². The van der Waals surface area contributed by atoms with Crippen molar-refractivity contribution < 1.29 is 19.5 Å². The molecule has 6 nitrogen and oxygen atoms in total. The fourth-order valence-corrected chi connectivity index (χ4v) is 2.73. The van der Waals surface area contributed by atoms with Crippen LogP contribution in [0.25, 0.3) is 0 Å². The van der Waals surface area contributed by atoms with Crippen molar-refractivity contribution in [3.05, 3.63) is 35.9 Å². The number of hydrogen-bond donors (Lipinski definition) is 2. The van der Waals surface area contributed by atoms with E-state index in [2.05, 4.69) is 5.32 Å². The van der Waals surface area contributed by atoms with Crippen LogP contribution in [0.5, 0.6) is 0 Å². The highest BCUT2D eigenvalue weighted by Gasteiger charge is 2.39. The number of benzene rings is 1. The first kappa shape index (κ1) is 16.0. The van der Waals surface area contributed by atoms with E-state index in [0.717, 1.165) is 6.42 Å². The van der Waals surface area contributed by atoms with E-state index >= 15 is 0 Å². The van der Waals surface area contributed by atoms with E-state index in [1.54, 1.807) is 36.1 Å². The molecule has 0 spiro atoms. The highest BCUT2D eigenvalue weighted by atomic mass is 16.4. The van der Waals surface area contributed by atoms with Crippen molar-refractivity contribution in [1.82, 2.24) is 10.2 Å². The zero-order chi connectivity index (χ0) is 16.2. The Kier molecular flexibility index (Phi) is 4.80. The number of likely N-dealkylation sites (tertiary alicyclic amines) is 1. The minimum Gasteiger partial charge on any atom is -0.480 e. The molecule has 1 aliphatic rings. The molecular weight excluding hydrogens is 284 g/mol. The Morgan fingerprint density at radius 1 is 1.27 bits per heavy atom. The molecule has 22 heavy (non-hydrogen) atoms. The third kappa shape index (κ3) is 3.63. The van der Waals surface area contributed by atoms with Gasteiger partial charge in [0.15, 0.2) is 0 Å². The molecule has 0 aliphatic carbocycles. The Labute approximate surface area is 129 Å². The summed E-state index contributed by atoms with van der Waals surface area (Å²) in [6, 6.07) is 8.94. The average Bonchev–Trinajstić information content (AvgIpc) is 2.52. The van der Waals surface area contributed by atoms with E-state index < -0.39 is 17.9 Å². The van der Waals surface area contributed by atoms with Crippen molar-refractivity contribution >= 4 is 17.8 Å². The highest BCUT2D eigenvalue weighted by Crippen LogP contribution is 2.30. The molecule has 2 amide bonds. The van der Waals surface area contributed by atoms with Gasteiger partial charge in [-0.05, 0) is 31.9 Å². The van der Waals surface area contributed by atoms with E-state index in [4.69, 9.17) is 5.11 Å². The van der Waals surface area contributed by atoms with Gasteiger partial charge in [0.05, 0.1) is 5.41 Å². The van der Waals surface area contributed by atoms with Crippen LogP contribution in [-0.4, -0.2) is 47.4 Å². The second-order valence-corrected chi connectivity index (χ2v) is 5.83. The first-order valence-electron chi connectivity index (χ1n) is 7.27. The Hall–Kier alpha value is -2.37. The lowest BCUT2D eigenvalue weighted by Gasteiger charge is -2.39. The van der Waals surface area contributed by atoms with Crippen molar-refractivity contribution in [1.29, 1.82) is 0 Å². The summed E-state index contributed by atoms with van der Waals surface area (Å²) in [5.41, 5.74) is -0.157. The van der Waals surface area contributed by atoms with E-state index in [-0.39, 0.29) is 11.8 Å². The van der Waals surface area contributed by atoms with Crippen molar-refractivity contribution in [3.8, 4) is 0 Å². The third-order valence-corrected chi connectivity index (χ3v) is 3.95. The van der Waals surface area contributed by atoms with Crippen molar-refractivity contribution in [2.75, 3.05) is 19.6 Å². The molecule has 2 N–H and O–H groups in total. The molecule has 1 atom stereocenters. The van der Waals surface area contributed by atoms with Crippen molar-refractivity contribution in [3.63, 3.8) is 0 Å². The molecule has 1 saturated heterocycles. The van der Waals surface area contributed by atoms with Crippen LogP contribution >= 0.6 is 0 Å². The molecule has 1 aromatic rings. The number of carboxylic acids is 1. The maximum atomic E-state index is 12.5. The fraction of sp³-hybridized carbons (Fsp3) is 0.438. The molecule has 1 heterocycles. The van der Waals surface area contributed by atoms with Gasteiger partial charge >= 0.3 is 5.97 Å². The van der Waals surface area contributed by atoms with Gasteiger partial charge in [0.2, 0.25) is 5.91 Å². The number of piperidine rings is 1. The number of carbonyl (C=O) groups is 3. The lowest BCUT2D eigenvalue weighted by atomic mass is 9.80. The van der Waals surface area contributed by atoms with Crippen LogP contribution in [0.4, 0.5) is 0 Å². The summed E-state index contributed by atoms with van der Waals surface area (Å²) in [4.78, 5) is 36.9. The van der Waals surface area contributed by atoms with Crippen LogP contribution in [0.3, 0.4) is 0 Å². The normalized spacial score (nSPS) is 21.2. The highest BCUT2D eigenvalue weighted by molar-refractivity contribution is 5.95. The molecule has 2 rings (SSSR count). The predicted molar refractivity (Wildman–Crippen MR) is 80.3 cm³/mol. The quantitative estimate of drug-likeness (QED) is 0.873. The van der Waals surface area contributed by atoms with Crippen LogP contribution in [0.1, 0.15) is 30.1 Å². The first-order valence-corrected chi connectivity index (χ1v) is 7.27. The van der Waals surface area contributed by atoms with Gasteiger partial charge in [-0.3, -0.25) is 14.4 Å². The van der Waals surface area contributed by atoms with Crippen LogP contribution in [0.15, 0.2) is 30.3 Å². The standard InChI is InChI=1S/C16H20N2O4/c1-16(15(22)17-10-13(19)20)8-5-9-18(11-16)14(21)12-6-3-2-4-7-12/h2-4,6-7H,5,8-11H2,1H3,(H,17,22)(H,19,20). The largest absolute Gasteiger partial charge is 0.480 e. The zero-order valence-corrected chi connectivity index (χ0v) is 12.5. The average molecular weight is 304 g/mol. The summed E-state index contributed by atoms with van der Waals surface area (Å²) in [5, 5.41) is 11.1. The molecule has 1 aromatic carbocycles. The summed E-state index contributed by atoms with van der Waals surface area (Å²) >= 11 is 0. The lowest BCUT2D eigenvalue weighted by Crippen LogP contribution is -2.52. The third-order valence-electron chi connectivity index (χ3n) is 3.95. The Balaban J connectivity index is 2.06. The van der Waals surface area contributed by atoms with Gasteiger partial charge in [-0.1, -0.05) is 18.2 Å². The lowest BCUT2D eigenvalue weighted by molar-refractivity contribution is -0.140. The SMILES string of the molecule is CC1(C(=O)NCC(=O)O)CCCN(C(=O)c2ccccc2)C1. The van der Waals surface area contributed by atoms with E-state index in [1.165, 1.54) is 0 Å². The molecule has 1 fully saturated rings. The van der Waals surface area contributed by atoms with Gasteiger partial charge in [0.25, 0.3) is 5.91 Å². The zero-order valence-electron chi connectivity index (χ0n) is 12.5. The van der Waals surface area contributed by atoms with Gasteiger partial charge in [0.1, 0.15) is 6.54 Å². The Bertz CT molecular complexity index is 573. The predicted octanol–water partition coefficient (Wildman–Crippen LogP) is 1.13. The summed E-state index contributed by atoms with van der Waals surface area (Å²) in [7, 11) is 0. The van der Waals surface area contributed by atoms with E-state index in [0.29, 0.717) is 25.1 Å². The number of amides is 2. The van der Waals surface area contributed by atoms with Gasteiger partial charge < -0.3 is 15.3 Å². The fourth-order valence-electron chi connectivity index (χ4n) is 2.73. The summed E-state index contributed by atoms with van der Waals surface area (Å²) in [5.74, 6) is -1.50. The summed E-state index contributed by atoms with van der Waals surface area (Å²) < 4.78 is 0. The summed E-state index contributed by atoms with van der Waals surface area (Å²) in [6.07, 6.45) is 1.35. The second kappa shape index (κ2) is 6.60. The van der Waals surface area contributed by atoms with Gasteiger partial charge in [-0.15, -0.1) is 0 Å². The topological polar surface area (TPSA) is 86.7 Å². The smallest absolute Gasteiger partial charge is 0.322 e. The van der Waals surface area contributed by atoms with Gasteiger partial charge in [-0.2, -0.15) is 0 Å². The van der Waals surface area contributed by atoms with Crippen molar-refractivity contribution in [2.45, 2.75) is 19.8 Å². The maximum Gasteiger partial charge on any atom is 0.322 e.